The summed E-state index contributed by atoms with van der Waals surface area (Å²) < 4.78 is 1.86. The van der Waals surface area contributed by atoms with Crippen LogP contribution in [0.15, 0.2) is 24.8 Å². The Hall–Kier alpha value is -3.07. The zero-order valence-corrected chi connectivity index (χ0v) is 17.7. The van der Waals surface area contributed by atoms with Crippen molar-refractivity contribution in [2.45, 2.75) is 33.6 Å². The molecule has 9 nitrogen and oxygen atoms in total. The second kappa shape index (κ2) is 8.74. The number of nitrogens with one attached hydrogen (secondary N) is 2. The van der Waals surface area contributed by atoms with Gasteiger partial charge in [0.1, 0.15) is 17.3 Å². The molecule has 30 heavy (non-hydrogen) atoms. The molecular formula is C21H28N8O. The van der Waals surface area contributed by atoms with Gasteiger partial charge >= 0.3 is 0 Å². The molecule has 1 atom stereocenters. The number of nitrogens with zero attached hydrogens (tertiary/aromatic N) is 6. The molecule has 0 spiro atoms. The average molecular weight is 409 g/mol. The zero-order chi connectivity index (χ0) is 21.1. The minimum atomic E-state index is -0.333. The summed E-state index contributed by atoms with van der Waals surface area (Å²) in [4.78, 5) is 32.5. The monoisotopic (exact) mass is 408 g/mol. The van der Waals surface area contributed by atoms with Crippen LogP contribution in [0.1, 0.15) is 41.6 Å². The molecule has 4 rings (SSSR count). The lowest BCUT2D eigenvalue weighted by atomic mass is 10.1. The molecule has 0 aliphatic carbocycles. The molecule has 0 unspecified atom stereocenters. The van der Waals surface area contributed by atoms with Crippen LogP contribution in [-0.4, -0.2) is 56.4 Å². The van der Waals surface area contributed by atoms with Crippen LogP contribution in [0.25, 0.3) is 5.65 Å². The van der Waals surface area contributed by atoms with Crippen LogP contribution in [0.4, 0.5) is 11.6 Å². The number of anilines is 2. The third kappa shape index (κ3) is 4.40. The predicted molar refractivity (Wildman–Crippen MR) is 116 cm³/mol. The van der Waals surface area contributed by atoms with E-state index in [9.17, 15) is 4.79 Å². The van der Waals surface area contributed by atoms with E-state index in [1.807, 2.05) is 24.4 Å². The first kappa shape index (κ1) is 20.2. The number of hydrogen-bond acceptors (Lipinski definition) is 7. The molecule has 1 aliphatic heterocycles. The van der Waals surface area contributed by atoms with Gasteiger partial charge in [-0.15, -0.1) is 0 Å². The summed E-state index contributed by atoms with van der Waals surface area (Å²) in [6.45, 7) is 9.98. The topological polar surface area (TPSA) is 100 Å². The van der Waals surface area contributed by atoms with E-state index in [1.54, 1.807) is 12.4 Å². The Morgan fingerprint density at radius 2 is 2.07 bits per heavy atom. The van der Waals surface area contributed by atoms with Gasteiger partial charge in [0.25, 0.3) is 5.91 Å². The number of carbonyl (C=O) groups excluding carboxylic acids is 1. The van der Waals surface area contributed by atoms with E-state index in [2.05, 4.69) is 42.4 Å². The van der Waals surface area contributed by atoms with Gasteiger partial charge in [0.05, 0.1) is 30.0 Å². The molecule has 0 radical (unpaired) electrons. The highest BCUT2D eigenvalue weighted by Crippen LogP contribution is 2.21. The van der Waals surface area contributed by atoms with Gasteiger partial charge in [0.15, 0.2) is 5.65 Å². The van der Waals surface area contributed by atoms with E-state index in [-0.39, 0.29) is 11.6 Å². The fourth-order valence-electron chi connectivity index (χ4n) is 3.81. The van der Waals surface area contributed by atoms with Crippen LogP contribution in [0, 0.1) is 19.8 Å². The lowest BCUT2D eigenvalue weighted by Crippen LogP contribution is -2.27. The molecular weight excluding hydrogens is 380 g/mol. The first-order chi connectivity index (χ1) is 14.5. The van der Waals surface area contributed by atoms with Crippen molar-refractivity contribution >= 4 is 23.2 Å². The summed E-state index contributed by atoms with van der Waals surface area (Å²) in [5.74, 6) is 1.56. The number of fused-ring (bicyclic) bond motifs is 1. The molecule has 9 heteroatoms. The smallest absolute Gasteiger partial charge is 0.277 e. The number of aryl methyl sites for hydroxylation is 2. The summed E-state index contributed by atoms with van der Waals surface area (Å²) in [5, 5.41) is 6.29. The van der Waals surface area contributed by atoms with E-state index in [0.29, 0.717) is 11.7 Å². The van der Waals surface area contributed by atoms with Crippen molar-refractivity contribution in [1.29, 1.82) is 0 Å². The highest BCUT2D eigenvalue weighted by molar-refractivity contribution is 6.02. The molecule has 3 aromatic heterocycles. The van der Waals surface area contributed by atoms with Crippen molar-refractivity contribution in [3.63, 3.8) is 0 Å². The first-order valence-electron chi connectivity index (χ1n) is 10.5. The number of amides is 1. The minimum Gasteiger partial charge on any atom is -0.355 e. The quantitative estimate of drug-likeness (QED) is 0.578. The molecule has 1 saturated heterocycles. The van der Waals surface area contributed by atoms with Crippen molar-refractivity contribution in [3.05, 3.63) is 41.9 Å². The number of imidazole rings is 1. The standard InChI is InChI=1S/C21H28N8O/c1-4-6-22-8-16-5-7-28(12-16)19-10-23-17(9-24-19)21(30)27-18-13-29-11-14(2)25-20(29)15(3)26-18/h9-11,13,16,22H,4-8,12H2,1-3H3,(H,27,30)/t16-/m0/s1. The predicted octanol–water partition coefficient (Wildman–Crippen LogP) is 2.21. The summed E-state index contributed by atoms with van der Waals surface area (Å²) >= 11 is 0. The van der Waals surface area contributed by atoms with Gasteiger partial charge in [-0.2, -0.15) is 0 Å². The van der Waals surface area contributed by atoms with Gasteiger partial charge in [0.2, 0.25) is 0 Å². The Morgan fingerprint density at radius 3 is 2.83 bits per heavy atom. The maximum atomic E-state index is 12.6. The number of aromatic nitrogens is 5. The van der Waals surface area contributed by atoms with Crippen LogP contribution in [0.3, 0.4) is 0 Å². The maximum absolute atomic E-state index is 12.6. The summed E-state index contributed by atoms with van der Waals surface area (Å²) in [6, 6.07) is 0. The van der Waals surface area contributed by atoms with E-state index in [4.69, 9.17) is 0 Å². The van der Waals surface area contributed by atoms with Crippen LogP contribution in [-0.2, 0) is 0 Å². The van der Waals surface area contributed by atoms with Gasteiger partial charge in [-0.3, -0.25) is 4.79 Å². The summed E-state index contributed by atoms with van der Waals surface area (Å²) in [6.07, 6.45) is 9.14. The zero-order valence-electron chi connectivity index (χ0n) is 17.7. The van der Waals surface area contributed by atoms with Crippen molar-refractivity contribution in [1.82, 2.24) is 29.7 Å². The Balaban J connectivity index is 1.39. The van der Waals surface area contributed by atoms with Gasteiger partial charge in [0, 0.05) is 19.3 Å². The molecule has 2 N–H and O–H groups in total. The van der Waals surface area contributed by atoms with Crippen LogP contribution in [0.2, 0.25) is 0 Å². The summed E-state index contributed by atoms with van der Waals surface area (Å²) in [7, 11) is 0. The largest absolute Gasteiger partial charge is 0.355 e. The molecule has 0 saturated carbocycles. The molecule has 1 aliphatic rings. The van der Waals surface area contributed by atoms with E-state index >= 15 is 0 Å². The Kier molecular flexibility index (Phi) is 5.89. The molecule has 4 heterocycles. The van der Waals surface area contributed by atoms with Crippen molar-refractivity contribution < 1.29 is 4.79 Å². The second-order valence-electron chi connectivity index (χ2n) is 7.84. The van der Waals surface area contributed by atoms with E-state index in [1.165, 1.54) is 6.20 Å². The van der Waals surface area contributed by atoms with Gasteiger partial charge in [-0.25, -0.2) is 19.9 Å². The number of rotatable bonds is 7. The third-order valence-electron chi connectivity index (χ3n) is 5.31. The highest BCUT2D eigenvalue weighted by Gasteiger charge is 2.23. The normalized spacial score (nSPS) is 16.4. The first-order valence-corrected chi connectivity index (χ1v) is 10.5. The third-order valence-corrected chi connectivity index (χ3v) is 5.31. The van der Waals surface area contributed by atoms with Gasteiger partial charge in [-0.1, -0.05) is 6.92 Å². The van der Waals surface area contributed by atoms with Crippen molar-refractivity contribution in [2.75, 3.05) is 36.4 Å². The number of carbonyl (C=O) groups is 1. The van der Waals surface area contributed by atoms with Crippen LogP contribution in [0.5, 0.6) is 0 Å². The van der Waals surface area contributed by atoms with Gasteiger partial charge in [-0.05, 0) is 45.7 Å². The lowest BCUT2D eigenvalue weighted by molar-refractivity contribution is 0.102. The molecule has 1 amide bonds. The minimum absolute atomic E-state index is 0.264. The number of hydrogen-bond donors (Lipinski definition) is 2. The molecule has 158 valence electrons. The van der Waals surface area contributed by atoms with Crippen LogP contribution < -0.4 is 15.5 Å². The molecule has 1 fully saturated rings. The van der Waals surface area contributed by atoms with Crippen molar-refractivity contribution in [2.24, 2.45) is 5.92 Å². The Bertz CT molecular complexity index is 1030. The Morgan fingerprint density at radius 1 is 1.20 bits per heavy atom. The SMILES string of the molecule is CCCNC[C@@H]1CCN(c2cnc(C(=O)Nc3cn4cc(C)nc4c(C)n3)cn2)C1. The molecule has 0 aromatic carbocycles. The average Bonchev–Trinajstić information content (AvgIpc) is 3.35. The fourth-order valence-corrected chi connectivity index (χ4v) is 3.81. The van der Waals surface area contributed by atoms with E-state index < -0.39 is 0 Å². The van der Waals surface area contributed by atoms with Crippen LogP contribution >= 0.6 is 0 Å². The Labute approximate surface area is 176 Å². The van der Waals surface area contributed by atoms with E-state index in [0.717, 1.165) is 61.9 Å². The second-order valence-corrected chi connectivity index (χ2v) is 7.84. The lowest BCUT2D eigenvalue weighted by Gasteiger charge is -2.17. The maximum Gasteiger partial charge on any atom is 0.277 e. The summed E-state index contributed by atoms with van der Waals surface area (Å²) in [5.41, 5.74) is 2.69. The molecule has 0 bridgehead atoms. The van der Waals surface area contributed by atoms with Gasteiger partial charge < -0.3 is 19.9 Å². The van der Waals surface area contributed by atoms with Crippen molar-refractivity contribution in [3.8, 4) is 0 Å². The highest BCUT2D eigenvalue weighted by atomic mass is 16.1. The molecule has 3 aromatic rings. The fraction of sp³-hybridized carbons (Fsp3) is 0.476.